The van der Waals surface area contributed by atoms with Gasteiger partial charge in [0.25, 0.3) is 0 Å². The second kappa shape index (κ2) is 8.32. The third-order valence-corrected chi connectivity index (χ3v) is 6.25. The number of likely N-dealkylation sites (tertiary alicyclic amines) is 1. The summed E-state index contributed by atoms with van der Waals surface area (Å²) >= 11 is 0. The lowest BCUT2D eigenvalue weighted by molar-refractivity contribution is 0.202. The minimum atomic E-state index is -0.264. The number of halogens is 2. The second-order valence-electron chi connectivity index (χ2n) is 7.98. The van der Waals surface area contributed by atoms with E-state index in [1.54, 1.807) is 10.9 Å². The molecule has 0 amide bonds. The molecular weight excluding hydrogens is 395 g/mol. The average molecular weight is 421 g/mol. The summed E-state index contributed by atoms with van der Waals surface area (Å²) in [5.74, 6) is 1.11. The molecule has 2 aliphatic heterocycles. The number of fused-ring (bicyclic) bond motifs is 2. The van der Waals surface area contributed by atoms with Gasteiger partial charge in [-0.3, -0.25) is 4.57 Å². The topological polar surface area (TPSA) is 56.2 Å². The molecule has 2 aliphatic rings. The summed E-state index contributed by atoms with van der Waals surface area (Å²) in [5.41, 5.74) is 1.86. The lowest BCUT2D eigenvalue weighted by Gasteiger charge is -2.31. The Morgan fingerprint density at radius 2 is 1.97 bits per heavy atom. The van der Waals surface area contributed by atoms with E-state index in [0.717, 1.165) is 69.5 Å². The van der Waals surface area contributed by atoms with Crippen molar-refractivity contribution in [3.63, 3.8) is 0 Å². The number of nitrogens with zero attached hydrogens (tertiary/aromatic N) is 4. The van der Waals surface area contributed by atoms with Crippen LogP contribution in [0.5, 0.6) is 0 Å². The van der Waals surface area contributed by atoms with Crippen molar-refractivity contribution in [3.8, 4) is 0 Å². The maximum Gasteiger partial charge on any atom is 0.345 e. The van der Waals surface area contributed by atoms with Crippen molar-refractivity contribution in [2.24, 2.45) is 0 Å². The van der Waals surface area contributed by atoms with Crippen molar-refractivity contribution in [3.05, 3.63) is 52.2 Å². The first-order valence-electron chi connectivity index (χ1n) is 10.2. The molecule has 0 unspecified atom stereocenters. The SMILES string of the molecule is Cl.O=c1n(CCN2CCC(c3coc4cc(F)ccc34)CC2)nc2n1CCCC2. The third-order valence-electron chi connectivity index (χ3n) is 6.25. The van der Waals surface area contributed by atoms with Crippen molar-refractivity contribution >= 4 is 23.4 Å². The summed E-state index contributed by atoms with van der Waals surface area (Å²) in [7, 11) is 0. The summed E-state index contributed by atoms with van der Waals surface area (Å²) in [6.07, 6.45) is 6.98. The molecular formula is C21H26ClFN4O2. The Morgan fingerprint density at radius 3 is 2.76 bits per heavy atom. The number of benzene rings is 1. The molecule has 1 aromatic carbocycles. The highest BCUT2D eigenvalue weighted by Crippen LogP contribution is 2.34. The fourth-order valence-corrected chi connectivity index (χ4v) is 4.64. The summed E-state index contributed by atoms with van der Waals surface area (Å²) < 4.78 is 22.4. The largest absolute Gasteiger partial charge is 0.464 e. The summed E-state index contributed by atoms with van der Waals surface area (Å²) in [6, 6.07) is 4.78. The van der Waals surface area contributed by atoms with Gasteiger partial charge < -0.3 is 9.32 Å². The van der Waals surface area contributed by atoms with Crippen LogP contribution in [-0.2, 0) is 19.5 Å². The molecule has 0 saturated carbocycles. The van der Waals surface area contributed by atoms with Crippen LogP contribution in [-0.4, -0.2) is 38.9 Å². The van der Waals surface area contributed by atoms with E-state index in [0.29, 0.717) is 18.0 Å². The smallest absolute Gasteiger partial charge is 0.345 e. The molecule has 0 bridgehead atoms. The Hall–Kier alpha value is -2.12. The zero-order chi connectivity index (χ0) is 19.1. The van der Waals surface area contributed by atoms with Crippen LogP contribution in [0.4, 0.5) is 4.39 Å². The fraction of sp³-hybridized carbons (Fsp3) is 0.524. The predicted molar refractivity (Wildman–Crippen MR) is 111 cm³/mol. The van der Waals surface area contributed by atoms with Gasteiger partial charge in [-0.2, -0.15) is 5.10 Å². The summed E-state index contributed by atoms with van der Waals surface area (Å²) in [6.45, 7) is 4.28. The van der Waals surface area contributed by atoms with Crippen molar-refractivity contribution in [1.82, 2.24) is 19.2 Å². The molecule has 0 radical (unpaired) electrons. The fourth-order valence-electron chi connectivity index (χ4n) is 4.64. The second-order valence-corrected chi connectivity index (χ2v) is 7.98. The molecule has 4 heterocycles. The van der Waals surface area contributed by atoms with Crippen molar-refractivity contribution < 1.29 is 8.81 Å². The molecule has 156 valence electrons. The normalized spacial score (nSPS) is 18.0. The van der Waals surface area contributed by atoms with Gasteiger partial charge in [0, 0.05) is 36.5 Å². The Kier molecular flexibility index (Phi) is 5.79. The number of hydrogen-bond acceptors (Lipinski definition) is 4. The maximum atomic E-state index is 13.4. The molecule has 5 rings (SSSR count). The zero-order valence-electron chi connectivity index (χ0n) is 16.3. The minimum absolute atomic E-state index is 0. The van der Waals surface area contributed by atoms with E-state index >= 15 is 0 Å². The van der Waals surface area contributed by atoms with Gasteiger partial charge in [-0.15, -0.1) is 12.4 Å². The summed E-state index contributed by atoms with van der Waals surface area (Å²) in [5, 5.41) is 5.55. The molecule has 1 fully saturated rings. The number of aryl methyl sites for hydroxylation is 1. The number of hydrogen-bond donors (Lipinski definition) is 0. The molecule has 0 N–H and O–H groups in total. The van der Waals surface area contributed by atoms with Crippen LogP contribution in [0.2, 0.25) is 0 Å². The number of piperidine rings is 1. The van der Waals surface area contributed by atoms with Gasteiger partial charge in [0.1, 0.15) is 17.2 Å². The highest BCUT2D eigenvalue weighted by atomic mass is 35.5. The Bertz CT molecular complexity index is 1050. The van der Waals surface area contributed by atoms with E-state index in [9.17, 15) is 9.18 Å². The third kappa shape index (κ3) is 3.85. The van der Waals surface area contributed by atoms with Crippen LogP contribution in [0.3, 0.4) is 0 Å². The zero-order valence-corrected chi connectivity index (χ0v) is 17.2. The van der Waals surface area contributed by atoms with Crippen LogP contribution in [0.25, 0.3) is 11.0 Å². The van der Waals surface area contributed by atoms with Crippen LogP contribution in [0.15, 0.2) is 33.7 Å². The first kappa shape index (κ1) is 20.2. The van der Waals surface area contributed by atoms with Crippen LogP contribution in [0, 0.1) is 5.82 Å². The molecule has 8 heteroatoms. The van der Waals surface area contributed by atoms with E-state index in [1.807, 2.05) is 10.6 Å². The Morgan fingerprint density at radius 1 is 1.14 bits per heavy atom. The van der Waals surface area contributed by atoms with Gasteiger partial charge in [0.05, 0.1) is 12.8 Å². The first-order chi connectivity index (χ1) is 13.7. The lowest BCUT2D eigenvalue weighted by Crippen LogP contribution is -2.37. The average Bonchev–Trinajstić information content (AvgIpc) is 3.28. The number of rotatable bonds is 4. The van der Waals surface area contributed by atoms with E-state index in [4.69, 9.17) is 4.42 Å². The van der Waals surface area contributed by atoms with Gasteiger partial charge in [-0.25, -0.2) is 13.9 Å². The highest BCUT2D eigenvalue weighted by Gasteiger charge is 2.24. The summed E-state index contributed by atoms with van der Waals surface area (Å²) in [4.78, 5) is 14.9. The standard InChI is InChI=1S/C21H25FN4O2.ClH/c22-16-4-5-17-18(14-28-19(17)13-16)15-6-9-24(10-7-15)11-12-26-21(27)25-8-2-1-3-20(25)23-26;/h4-5,13-15H,1-3,6-12H2;1H. The Balaban J connectivity index is 0.00000205. The van der Waals surface area contributed by atoms with Crippen LogP contribution >= 0.6 is 12.4 Å². The minimum Gasteiger partial charge on any atom is -0.464 e. The van der Waals surface area contributed by atoms with E-state index < -0.39 is 0 Å². The molecule has 0 spiro atoms. The van der Waals surface area contributed by atoms with Gasteiger partial charge >= 0.3 is 5.69 Å². The van der Waals surface area contributed by atoms with E-state index in [2.05, 4.69) is 10.00 Å². The molecule has 0 aliphatic carbocycles. The molecule has 0 atom stereocenters. The maximum absolute atomic E-state index is 13.4. The van der Waals surface area contributed by atoms with Gasteiger partial charge in [-0.1, -0.05) is 0 Å². The molecule has 29 heavy (non-hydrogen) atoms. The number of furan rings is 1. The van der Waals surface area contributed by atoms with Crippen LogP contribution < -0.4 is 5.69 Å². The molecule has 1 saturated heterocycles. The van der Waals surface area contributed by atoms with Crippen molar-refractivity contribution in [1.29, 1.82) is 0 Å². The molecule has 2 aromatic heterocycles. The number of aromatic nitrogens is 3. The monoisotopic (exact) mass is 420 g/mol. The lowest BCUT2D eigenvalue weighted by atomic mass is 9.89. The van der Waals surface area contributed by atoms with E-state index in [1.165, 1.54) is 17.7 Å². The Labute approximate surface area is 174 Å². The highest BCUT2D eigenvalue weighted by molar-refractivity contribution is 5.85. The van der Waals surface area contributed by atoms with Crippen molar-refractivity contribution in [2.75, 3.05) is 19.6 Å². The van der Waals surface area contributed by atoms with Gasteiger partial charge in [0.15, 0.2) is 0 Å². The van der Waals surface area contributed by atoms with Gasteiger partial charge in [0.2, 0.25) is 0 Å². The molecule has 3 aromatic rings. The predicted octanol–water partition coefficient (Wildman–Crippen LogP) is 3.57. The quantitative estimate of drug-likeness (QED) is 0.647. The first-order valence-corrected chi connectivity index (χ1v) is 10.2. The molecule has 6 nitrogen and oxygen atoms in total. The van der Waals surface area contributed by atoms with E-state index in [-0.39, 0.29) is 23.9 Å². The van der Waals surface area contributed by atoms with Gasteiger partial charge in [-0.05, 0) is 56.8 Å². The van der Waals surface area contributed by atoms with Crippen molar-refractivity contribution in [2.45, 2.75) is 51.1 Å². The van der Waals surface area contributed by atoms with Crippen LogP contribution in [0.1, 0.15) is 43.0 Å².